The number of nitrogens with zero attached hydrogens (tertiary/aromatic N) is 3. The Balaban J connectivity index is 1.19. The quantitative estimate of drug-likeness (QED) is 0.421. The molecule has 3 heterocycles. The highest BCUT2D eigenvalue weighted by atomic mass is 16.6. The van der Waals surface area contributed by atoms with Crippen LogP contribution in [0.4, 0.5) is 4.79 Å². The highest BCUT2D eigenvalue weighted by molar-refractivity contribution is 5.69. The Morgan fingerprint density at radius 3 is 2.69 bits per heavy atom. The summed E-state index contributed by atoms with van der Waals surface area (Å²) >= 11 is 0. The van der Waals surface area contributed by atoms with Crippen LogP contribution in [-0.2, 0) is 11.2 Å². The van der Waals surface area contributed by atoms with Crippen LogP contribution < -0.4 is 14.2 Å². The zero-order valence-electron chi connectivity index (χ0n) is 22.8. The van der Waals surface area contributed by atoms with Gasteiger partial charge in [0.2, 0.25) is 5.82 Å². The molecule has 0 bridgehead atoms. The van der Waals surface area contributed by atoms with Gasteiger partial charge in [0, 0.05) is 12.1 Å². The van der Waals surface area contributed by atoms with Gasteiger partial charge in [-0.15, -0.1) is 0 Å². The lowest BCUT2D eigenvalue weighted by atomic mass is 10.1. The first-order chi connectivity index (χ1) is 18.7. The summed E-state index contributed by atoms with van der Waals surface area (Å²) in [5, 5.41) is 14.7. The molecule has 39 heavy (non-hydrogen) atoms. The number of rotatable bonds is 7. The van der Waals surface area contributed by atoms with E-state index in [2.05, 4.69) is 16.2 Å². The predicted molar refractivity (Wildman–Crippen MR) is 142 cm³/mol. The monoisotopic (exact) mass is 537 g/mol. The molecule has 1 N–H and O–H groups in total. The second-order valence-corrected chi connectivity index (χ2v) is 10.8. The summed E-state index contributed by atoms with van der Waals surface area (Å²) in [4.78, 5) is 18.6. The van der Waals surface area contributed by atoms with Gasteiger partial charge >= 0.3 is 6.09 Å². The molecule has 10 nitrogen and oxygen atoms in total. The predicted octanol–water partition coefficient (Wildman–Crippen LogP) is 4.87. The molecule has 0 unspecified atom stereocenters. The molecular weight excluding hydrogens is 502 g/mol. The number of fused-ring (bicyclic) bond motifs is 1. The van der Waals surface area contributed by atoms with Gasteiger partial charge in [-0.3, -0.25) is 4.90 Å². The molecule has 5 rings (SSSR count). The van der Waals surface area contributed by atoms with E-state index >= 15 is 0 Å². The van der Waals surface area contributed by atoms with Crippen molar-refractivity contribution < 1.29 is 33.4 Å². The van der Waals surface area contributed by atoms with Crippen LogP contribution in [0.3, 0.4) is 0 Å². The van der Waals surface area contributed by atoms with Crippen molar-refractivity contribution in [3.05, 3.63) is 53.4 Å². The minimum atomic E-state index is -0.814. The van der Waals surface area contributed by atoms with Gasteiger partial charge in [-0.05, 0) is 88.4 Å². The molecule has 1 saturated heterocycles. The molecular formula is C29H35N3O7. The Kier molecular flexibility index (Phi) is 7.65. The maximum atomic E-state index is 12.7. The number of benzene rings is 2. The van der Waals surface area contributed by atoms with E-state index in [1.54, 1.807) is 20.8 Å². The van der Waals surface area contributed by atoms with Crippen molar-refractivity contribution in [2.45, 2.75) is 64.7 Å². The minimum absolute atomic E-state index is 0.179. The lowest BCUT2D eigenvalue weighted by Gasteiger charge is -2.27. The highest BCUT2D eigenvalue weighted by Gasteiger charge is 2.42. The second kappa shape index (κ2) is 11.1. The largest absolute Gasteiger partial charge is 0.493 e. The van der Waals surface area contributed by atoms with Crippen molar-refractivity contribution in [1.82, 2.24) is 15.0 Å². The summed E-state index contributed by atoms with van der Waals surface area (Å²) in [7, 11) is 0. The van der Waals surface area contributed by atoms with Crippen LogP contribution in [0.5, 0.6) is 17.2 Å². The van der Waals surface area contributed by atoms with Crippen LogP contribution in [0, 0.1) is 6.92 Å². The second-order valence-electron chi connectivity index (χ2n) is 10.8. The Labute approximate surface area is 227 Å². The first kappa shape index (κ1) is 26.8. The lowest BCUT2D eigenvalue weighted by Crippen LogP contribution is -2.38. The van der Waals surface area contributed by atoms with Crippen LogP contribution in [0.2, 0.25) is 0 Å². The number of hydrogen-bond donors (Lipinski definition) is 1. The van der Waals surface area contributed by atoms with Crippen LogP contribution >= 0.6 is 0 Å². The number of hydrogen-bond acceptors (Lipinski definition) is 9. The maximum absolute atomic E-state index is 12.7. The van der Waals surface area contributed by atoms with E-state index in [9.17, 15) is 9.90 Å². The van der Waals surface area contributed by atoms with Crippen molar-refractivity contribution in [1.29, 1.82) is 0 Å². The number of likely N-dealkylation sites (tertiary alicyclic amines) is 1. The van der Waals surface area contributed by atoms with Crippen LogP contribution in [0.1, 0.15) is 56.7 Å². The molecule has 0 radical (unpaired) electrons. The molecule has 2 aromatic carbocycles. The van der Waals surface area contributed by atoms with Gasteiger partial charge in [-0.25, -0.2) is 4.79 Å². The van der Waals surface area contributed by atoms with E-state index in [0.29, 0.717) is 38.6 Å². The standard InChI is InChI=1S/C29H35N3O7/c1-18-16-20(8-10-22(18)35-13-5-6-19-7-9-23-24(17-19)37-15-14-36-23)26-30-27(39-31-26)25-21(33)11-12-32(25)28(34)38-29(2,3)4/h7-10,16-17,21,25,33H,5-6,11-15H2,1-4H3/t21-,25-/m0/s1. The van der Waals surface area contributed by atoms with Gasteiger partial charge in [0.15, 0.2) is 11.5 Å². The van der Waals surface area contributed by atoms with Crippen molar-refractivity contribution in [2.75, 3.05) is 26.4 Å². The number of carbonyl (C=O) groups excluding carboxylic acids is 1. The van der Waals surface area contributed by atoms with Gasteiger partial charge < -0.3 is 28.6 Å². The number of ether oxygens (including phenoxy) is 4. The van der Waals surface area contributed by atoms with E-state index in [1.165, 1.54) is 10.5 Å². The minimum Gasteiger partial charge on any atom is -0.493 e. The zero-order valence-corrected chi connectivity index (χ0v) is 22.8. The molecule has 0 aliphatic carbocycles. The fraction of sp³-hybridized carbons (Fsp3) is 0.483. The molecule has 1 aromatic heterocycles. The van der Waals surface area contributed by atoms with Crippen molar-refractivity contribution in [3.8, 4) is 28.6 Å². The van der Waals surface area contributed by atoms with E-state index in [4.69, 9.17) is 23.5 Å². The van der Waals surface area contributed by atoms with Gasteiger partial charge in [-0.1, -0.05) is 11.2 Å². The normalized spacial score (nSPS) is 18.7. The smallest absolute Gasteiger partial charge is 0.411 e. The third kappa shape index (κ3) is 6.27. The lowest BCUT2D eigenvalue weighted by molar-refractivity contribution is 0.0107. The van der Waals surface area contributed by atoms with Gasteiger partial charge in [0.25, 0.3) is 5.89 Å². The molecule has 2 aliphatic heterocycles. The fourth-order valence-electron chi connectivity index (χ4n) is 4.72. The summed E-state index contributed by atoms with van der Waals surface area (Å²) in [6, 6.07) is 11.0. The number of aliphatic hydroxyl groups is 1. The Bertz CT molecular complexity index is 1320. The molecule has 2 atom stereocenters. The molecule has 1 fully saturated rings. The van der Waals surface area contributed by atoms with Crippen LogP contribution in [0.25, 0.3) is 11.4 Å². The third-order valence-electron chi connectivity index (χ3n) is 6.60. The summed E-state index contributed by atoms with van der Waals surface area (Å²) in [6.45, 7) is 9.44. The van der Waals surface area contributed by atoms with Gasteiger partial charge in [0.05, 0.1) is 12.7 Å². The maximum Gasteiger partial charge on any atom is 0.411 e. The molecule has 208 valence electrons. The fourth-order valence-corrected chi connectivity index (χ4v) is 4.72. The summed E-state index contributed by atoms with van der Waals surface area (Å²) < 4.78 is 28.3. The van der Waals surface area contributed by atoms with Crippen molar-refractivity contribution in [3.63, 3.8) is 0 Å². The van der Waals surface area contributed by atoms with E-state index < -0.39 is 23.8 Å². The highest BCUT2D eigenvalue weighted by Crippen LogP contribution is 2.35. The summed E-state index contributed by atoms with van der Waals surface area (Å²) in [6.07, 6.45) is 0.793. The van der Waals surface area contributed by atoms with E-state index in [-0.39, 0.29) is 5.89 Å². The Morgan fingerprint density at radius 1 is 1.13 bits per heavy atom. The van der Waals surface area contributed by atoms with E-state index in [1.807, 2.05) is 37.3 Å². The third-order valence-corrected chi connectivity index (χ3v) is 6.60. The average molecular weight is 538 g/mol. The number of carbonyl (C=O) groups is 1. The van der Waals surface area contributed by atoms with Crippen LogP contribution in [0.15, 0.2) is 40.9 Å². The van der Waals surface area contributed by atoms with Gasteiger partial charge in [-0.2, -0.15) is 4.98 Å². The number of aromatic nitrogens is 2. The zero-order chi connectivity index (χ0) is 27.6. The van der Waals surface area contributed by atoms with Crippen molar-refractivity contribution >= 4 is 6.09 Å². The number of aliphatic hydroxyl groups excluding tert-OH is 1. The molecule has 10 heteroatoms. The number of aryl methyl sites for hydroxylation is 2. The Hall–Kier alpha value is -3.79. The number of amides is 1. The first-order valence-electron chi connectivity index (χ1n) is 13.3. The SMILES string of the molecule is Cc1cc(-c2noc([C@@H]3[C@@H](O)CCN3C(=O)OC(C)(C)C)n2)ccc1OCCCc1ccc2c(c1)OCCO2. The average Bonchev–Trinajstić information content (AvgIpc) is 3.53. The summed E-state index contributed by atoms with van der Waals surface area (Å²) in [5.74, 6) is 2.94. The summed E-state index contributed by atoms with van der Waals surface area (Å²) in [5.41, 5.74) is 2.22. The first-order valence-corrected chi connectivity index (χ1v) is 13.3. The van der Waals surface area contributed by atoms with E-state index in [0.717, 1.165) is 41.2 Å². The topological polar surface area (TPSA) is 116 Å². The Morgan fingerprint density at radius 2 is 1.92 bits per heavy atom. The van der Waals surface area contributed by atoms with Crippen LogP contribution in [-0.4, -0.2) is 64.3 Å². The molecule has 1 amide bonds. The van der Waals surface area contributed by atoms with Crippen molar-refractivity contribution in [2.24, 2.45) is 0 Å². The molecule has 2 aliphatic rings. The molecule has 0 spiro atoms. The van der Waals surface area contributed by atoms with Gasteiger partial charge in [0.1, 0.15) is 30.6 Å². The molecule has 3 aromatic rings. The molecule has 0 saturated carbocycles.